The first kappa shape index (κ1) is 15.4. The zero-order chi connectivity index (χ0) is 14.0. The number of amides is 3. The molecule has 17 heavy (non-hydrogen) atoms. The molecule has 0 rings (SSSR count). The summed E-state index contributed by atoms with van der Waals surface area (Å²) in [5.74, 6) is -2.75. The lowest BCUT2D eigenvalue weighted by Crippen LogP contribution is -2.51. The fourth-order valence-corrected chi connectivity index (χ4v) is 2.40. The van der Waals surface area contributed by atoms with Gasteiger partial charge in [0.2, 0.25) is 5.91 Å². The second-order valence-electron chi connectivity index (χ2n) is 3.86. The first-order valence-electron chi connectivity index (χ1n) is 4.51. The minimum atomic E-state index is -4.30. The molecule has 1 unspecified atom stereocenters. The average molecular weight is 266 g/mol. The van der Waals surface area contributed by atoms with Gasteiger partial charge in [-0.2, -0.15) is 0 Å². The first-order chi connectivity index (χ1) is 7.44. The molecule has 98 valence electrons. The van der Waals surface area contributed by atoms with Crippen molar-refractivity contribution in [2.75, 3.05) is 0 Å². The van der Waals surface area contributed by atoms with Crippen LogP contribution in [0.5, 0.6) is 0 Å². The third-order valence-electron chi connectivity index (χ3n) is 2.31. The van der Waals surface area contributed by atoms with Gasteiger partial charge in [0.05, 0.1) is 0 Å². The third-order valence-corrected chi connectivity index (χ3v) is 5.05. The van der Waals surface area contributed by atoms with Crippen LogP contribution in [0.3, 0.4) is 0 Å². The Balaban J connectivity index is 5.29. The minimum Gasteiger partial charge on any atom is -0.480 e. The van der Waals surface area contributed by atoms with Gasteiger partial charge >= 0.3 is 12.0 Å². The Bertz CT molecular complexity index is 453. The highest BCUT2D eigenvalue weighted by molar-refractivity contribution is 7.94. The number of carboxylic acids is 1. The van der Waals surface area contributed by atoms with Crippen LogP contribution in [0.15, 0.2) is 0 Å². The number of hydrogen-bond acceptors (Lipinski definition) is 5. The molecule has 9 heteroatoms. The second kappa shape index (κ2) is 4.70. The van der Waals surface area contributed by atoms with Crippen molar-refractivity contribution < 1.29 is 27.9 Å². The van der Waals surface area contributed by atoms with E-state index in [1.807, 2.05) is 0 Å². The lowest BCUT2D eigenvalue weighted by atomic mass is 10.2. The van der Waals surface area contributed by atoms with Crippen LogP contribution in [-0.2, 0) is 19.4 Å². The number of aliphatic carboxylic acids is 1. The molecule has 0 radical (unpaired) electrons. The fourth-order valence-electron chi connectivity index (χ4n) is 0.928. The van der Waals surface area contributed by atoms with E-state index in [1.165, 1.54) is 0 Å². The fraction of sp³-hybridized carbons (Fsp3) is 0.625. The van der Waals surface area contributed by atoms with Crippen LogP contribution in [-0.4, -0.2) is 41.4 Å². The number of primary amides is 1. The normalized spacial score (nSPS) is 13.8. The van der Waals surface area contributed by atoms with Crippen LogP contribution >= 0.6 is 0 Å². The van der Waals surface area contributed by atoms with Gasteiger partial charge in [-0.15, -0.1) is 0 Å². The molecular formula is C8H14N2O6S. The minimum absolute atomic E-state index is 0.957. The van der Waals surface area contributed by atoms with Gasteiger partial charge in [-0.05, 0) is 20.8 Å². The number of carbonyl (C=O) groups excluding carboxylic acids is 2. The number of hydrogen-bond donors (Lipinski definition) is 3. The molecule has 3 amide bonds. The largest absolute Gasteiger partial charge is 0.480 e. The van der Waals surface area contributed by atoms with Gasteiger partial charge in [-0.3, -0.25) is 14.9 Å². The Kier molecular flexibility index (Phi) is 4.24. The Hall–Kier alpha value is -1.64. The lowest BCUT2D eigenvalue weighted by Gasteiger charge is -2.23. The molecule has 0 saturated heterocycles. The maximum Gasteiger partial charge on any atom is 0.324 e. The van der Waals surface area contributed by atoms with Crippen molar-refractivity contribution in [1.82, 2.24) is 5.32 Å². The van der Waals surface area contributed by atoms with Gasteiger partial charge in [0.15, 0.2) is 14.6 Å². The van der Waals surface area contributed by atoms with Crippen LogP contribution in [0.25, 0.3) is 0 Å². The SMILES string of the molecule is CC(C(=O)NC(N)=O)S(=O)(=O)C(C)(C)C(=O)O. The Morgan fingerprint density at radius 3 is 2.00 bits per heavy atom. The molecular weight excluding hydrogens is 252 g/mol. The summed E-state index contributed by atoms with van der Waals surface area (Å²) in [5.41, 5.74) is 4.66. The molecule has 0 aromatic heterocycles. The number of carboxylic acid groups (broad SMARTS) is 1. The highest BCUT2D eigenvalue weighted by Gasteiger charge is 2.47. The standard InChI is InChI=1S/C8H14N2O6S/c1-4(5(11)10-7(9)14)17(15,16)8(2,3)6(12)13/h4H,1-3H3,(H,12,13)(H3,9,10,11,14). The molecule has 0 bridgehead atoms. The Morgan fingerprint density at radius 2 is 1.71 bits per heavy atom. The zero-order valence-electron chi connectivity index (χ0n) is 9.55. The van der Waals surface area contributed by atoms with E-state index >= 15 is 0 Å². The molecule has 0 fully saturated rings. The van der Waals surface area contributed by atoms with Crippen LogP contribution in [0.1, 0.15) is 20.8 Å². The zero-order valence-corrected chi connectivity index (χ0v) is 10.4. The van der Waals surface area contributed by atoms with Gasteiger partial charge in [0.25, 0.3) is 0 Å². The van der Waals surface area contributed by atoms with Crippen molar-refractivity contribution in [2.45, 2.75) is 30.8 Å². The van der Waals surface area contributed by atoms with E-state index in [-0.39, 0.29) is 0 Å². The molecule has 0 aliphatic heterocycles. The van der Waals surface area contributed by atoms with Crippen LogP contribution < -0.4 is 11.1 Å². The maximum absolute atomic E-state index is 11.8. The summed E-state index contributed by atoms with van der Waals surface area (Å²) < 4.78 is 21.5. The molecule has 4 N–H and O–H groups in total. The van der Waals surface area contributed by atoms with Gasteiger partial charge in [0.1, 0.15) is 5.25 Å². The molecule has 0 aliphatic rings. The van der Waals surface area contributed by atoms with E-state index in [4.69, 9.17) is 5.11 Å². The summed E-state index contributed by atoms with van der Waals surface area (Å²) in [4.78, 5) is 32.5. The number of imide groups is 1. The number of nitrogens with one attached hydrogen (secondary N) is 1. The van der Waals surface area contributed by atoms with E-state index in [0.29, 0.717) is 0 Å². The van der Waals surface area contributed by atoms with Crippen LogP contribution in [0, 0.1) is 0 Å². The Morgan fingerprint density at radius 1 is 1.29 bits per heavy atom. The molecule has 0 aliphatic carbocycles. The topological polar surface area (TPSA) is 144 Å². The molecule has 0 aromatic rings. The monoisotopic (exact) mass is 266 g/mol. The molecule has 0 saturated carbocycles. The maximum atomic E-state index is 11.8. The second-order valence-corrected chi connectivity index (χ2v) is 6.67. The number of rotatable bonds is 4. The van der Waals surface area contributed by atoms with Gasteiger partial charge < -0.3 is 10.8 Å². The number of sulfone groups is 1. The molecule has 0 spiro atoms. The summed E-state index contributed by atoms with van der Waals surface area (Å²) in [5, 5.41) is 8.68. The van der Waals surface area contributed by atoms with E-state index in [9.17, 15) is 22.8 Å². The summed E-state index contributed by atoms with van der Waals surface area (Å²) in [6.07, 6.45) is 0. The predicted molar refractivity (Wildman–Crippen MR) is 57.8 cm³/mol. The highest BCUT2D eigenvalue weighted by atomic mass is 32.2. The van der Waals surface area contributed by atoms with Crippen molar-refractivity contribution in [3.05, 3.63) is 0 Å². The van der Waals surface area contributed by atoms with Crippen LogP contribution in [0.4, 0.5) is 4.79 Å². The van der Waals surface area contributed by atoms with E-state index in [0.717, 1.165) is 20.8 Å². The van der Waals surface area contributed by atoms with Gasteiger partial charge in [-0.1, -0.05) is 0 Å². The molecule has 0 aromatic carbocycles. The molecule has 8 nitrogen and oxygen atoms in total. The van der Waals surface area contributed by atoms with Gasteiger partial charge in [0, 0.05) is 0 Å². The van der Waals surface area contributed by atoms with Crippen molar-refractivity contribution >= 4 is 27.7 Å². The molecule has 1 atom stereocenters. The van der Waals surface area contributed by atoms with E-state index < -0.39 is 37.7 Å². The third kappa shape index (κ3) is 2.93. The van der Waals surface area contributed by atoms with Crippen molar-refractivity contribution in [3.63, 3.8) is 0 Å². The average Bonchev–Trinajstić information content (AvgIpc) is 2.14. The van der Waals surface area contributed by atoms with Crippen LogP contribution in [0.2, 0.25) is 0 Å². The predicted octanol–water partition coefficient (Wildman–Crippen LogP) is -1.15. The number of carbonyl (C=O) groups is 3. The number of urea groups is 1. The van der Waals surface area contributed by atoms with E-state index in [1.54, 1.807) is 5.32 Å². The lowest BCUT2D eigenvalue weighted by molar-refractivity contribution is -0.139. The number of nitrogens with two attached hydrogens (primary N) is 1. The van der Waals surface area contributed by atoms with Crippen molar-refractivity contribution in [1.29, 1.82) is 0 Å². The summed E-state index contributed by atoms with van der Waals surface area (Å²) >= 11 is 0. The van der Waals surface area contributed by atoms with E-state index in [2.05, 4.69) is 5.73 Å². The summed E-state index contributed by atoms with van der Waals surface area (Å²) in [7, 11) is -4.30. The quantitative estimate of drug-likeness (QED) is 0.586. The Labute approximate surface area is 98.1 Å². The van der Waals surface area contributed by atoms with Crippen molar-refractivity contribution in [2.24, 2.45) is 5.73 Å². The molecule has 0 heterocycles. The summed E-state index contributed by atoms with van der Waals surface area (Å²) in [6.45, 7) is 2.90. The summed E-state index contributed by atoms with van der Waals surface area (Å²) in [6, 6.07) is -1.20. The smallest absolute Gasteiger partial charge is 0.324 e. The highest BCUT2D eigenvalue weighted by Crippen LogP contribution is 2.22. The van der Waals surface area contributed by atoms with Crippen molar-refractivity contribution in [3.8, 4) is 0 Å². The van der Waals surface area contributed by atoms with Gasteiger partial charge in [-0.25, -0.2) is 13.2 Å². The first-order valence-corrected chi connectivity index (χ1v) is 6.06.